The number of carbonyl (C=O) groups is 1. The molecule has 0 unspecified atom stereocenters. The summed E-state index contributed by atoms with van der Waals surface area (Å²) in [5.74, 6) is 0.0919. The molecule has 4 rings (SSSR count). The number of hydrogen-bond donors (Lipinski definition) is 1. The van der Waals surface area contributed by atoms with Crippen LogP contribution in [-0.4, -0.2) is 10.9 Å². The summed E-state index contributed by atoms with van der Waals surface area (Å²) in [6, 6.07) is 8.28. The summed E-state index contributed by atoms with van der Waals surface area (Å²) in [7, 11) is 0. The van der Waals surface area contributed by atoms with Crippen molar-refractivity contribution >= 4 is 43.1 Å². The molecule has 0 atom stereocenters. The first kappa shape index (κ1) is 10.0. The second kappa shape index (κ2) is 3.53. The Kier molecular flexibility index (Phi) is 1.96. The summed E-state index contributed by atoms with van der Waals surface area (Å²) in [5.41, 5.74) is 1.93. The van der Waals surface area contributed by atoms with E-state index >= 15 is 0 Å². The highest BCUT2D eigenvalue weighted by Gasteiger charge is 2.20. The van der Waals surface area contributed by atoms with Gasteiger partial charge in [0, 0.05) is 34.5 Å². The van der Waals surface area contributed by atoms with E-state index in [1.54, 1.807) is 11.3 Å². The number of pyridine rings is 1. The van der Waals surface area contributed by atoms with Crippen molar-refractivity contribution in [2.75, 3.05) is 5.32 Å². The van der Waals surface area contributed by atoms with Crippen LogP contribution in [0.5, 0.6) is 0 Å². The molecule has 2 aromatic heterocycles. The zero-order valence-electron chi connectivity index (χ0n) is 9.56. The Bertz CT molecular complexity index is 791. The number of aromatic nitrogens is 1. The molecular weight excluding hydrogens is 244 g/mol. The summed E-state index contributed by atoms with van der Waals surface area (Å²) < 4.78 is 2.39. The minimum Gasteiger partial charge on any atom is -0.323 e. The lowest BCUT2D eigenvalue weighted by Crippen LogP contribution is -2.19. The second-order valence-electron chi connectivity index (χ2n) is 4.47. The molecule has 0 radical (unpaired) electrons. The highest BCUT2D eigenvalue weighted by Crippen LogP contribution is 2.40. The summed E-state index contributed by atoms with van der Waals surface area (Å²) >= 11 is 1.72. The Labute approximate surface area is 107 Å². The van der Waals surface area contributed by atoms with E-state index in [1.165, 1.54) is 10.1 Å². The van der Waals surface area contributed by atoms with Crippen LogP contribution in [-0.2, 0) is 11.2 Å². The standard InChI is InChI=1S/C14H10N2OS/c17-12-6-5-10-13(16-12)14-9(7-15-10)8-3-1-2-4-11(8)18-14/h1-4,7H,5-6H2,(H,16,17). The van der Waals surface area contributed by atoms with Crippen molar-refractivity contribution in [1.29, 1.82) is 0 Å². The molecule has 1 aromatic carbocycles. The monoisotopic (exact) mass is 254 g/mol. The van der Waals surface area contributed by atoms with Crippen LogP contribution in [0.3, 0.4) is 0 Å². The third-order valence-corrected chi connectivity index (χ3v) is 4.56. The summed E-state index contributed by atoms with van der Waals surface area (Å²) in [4.78, 5) is 16.0. The van der Waals surface area contributed by atoms with Crippen molar-refractivity contribution in [2.24, 2.45) is 0 Å². The van der Waals surface area contributed by atoms with Gasteiger partial charge in [-0.25, -0.2) is 0 Å². The van der Waals surface area contributed by atoms with Crippen LogP contribution in [0.1, 0.15) is 12.1 Å². The molecular formula is C14H10N2OS. The number of nitrogens with one attached hydrogen (secondary N) is 1. The Hall–Kier alpha value is -1.94. The zero-order chi connectivity index (χ0) is 12.1. The molecule has 0 bridgehead atoms. The van der Waals surface area contributed by atoms with Gasteiger partial charge in [0.15, 0.2) is 0 Å². The topological polar surface area (TPSA) is 42.0 Å². The number of carbonyl (C=O) groups excluding carboxylic acids is 1. The number of thiophene rings is 1. The van der Waals surface area contributed by atoms with Gasteiger partial charge in [0.2, 0.25) is 5.91 Å². The molecule has 1 aliphatic heterocycles. The number of benzene rings is 1. The molecule has 0 spiro atoms. The SMILES string of the molecule is O=C1CCc2ncc3c(sc4ccccc43)c2N1. The Morgan fingerprint density at radius 3 is 3.00 bits per heavy atom. The third kappa shape index (κ3) is 1.29. The fraction of sp³-hybridized carbons (Fsp3) is 0.143. The van der Waals surface area contributed by atoms with E-state index in [-0.39, 0.29) is 5.91 Å². The predicted molar refractivity (Wildman–Crippen MR) is 74.1 cm³/mol. The first-order chi connectivity index (χ1) is 8.83. The van der Waals surface area contributed by atoms with Crippen LogP contribution in [0, 0.1) is 0 Å². The van der Waals surface area contributed by atoms with Gasteiger partial charge < -0.3 is 5.32 Å². The molecule has 0 saturated heterocycles. The lowest BCUT2D eigenvalue weighted by Gasteiger charge is -2.15. The quantitative estimate of drug-likeness (QED) is 0.668. The van der Waals surface area contributed by atoms with Gasteiger partial charge in [0.25, 0.3) is 0 Å². The Morgan fingerprint density at radius 1 is 1.17 bits per heavy atom. The molecule has 18 heavy (non-hydrogen) atoms. The molecule has 88 valence electrons. The fourth-order valence-corrected chi connectivity index (χ4v) is 3.67. The van der Waals surface area contributed by atoms with Crippen LogP contribution in [0.4, 0.5) is 5.69 Å². The molecule has 0 saturated carbocycles. The number of rotatable bonds is 0. The van der Waals surface area contributed by atoms with Gasteiger partial charge in [-0.1, -0.05) is 18.2 Å². The highest BCUT2D eigenvalue weighted by molar-refractivity contribution is 7.26. The van der Waals surface area contributed by atoms with Crippen LogP contribution in [0.25, 0.3) is 20.2 Å². The smallest absolute Gasteiger partial charge is 0.224 e. The lowest BCUT2D eigenvalue weighted by atomic mass is 10.1. The van der Waals surface area contributed by atoms with E-state index < -0.39 is 0 Å². The maximum absolute atomic E-state index is 11.6. The van der Waals surface area contributed by atoms with Crippen LogP contribution < -0.4 is 5.32 Å². The Morgan fingerprint density at radius 2 is 2.06 bits per heavy atom. The van der Waals surface area contributed by atoms with Crippen molar-refractivity contribution in [3.05, 3.63) is 36.2 Å². The fourth-order valence-electron chi connectivity index (χ4n) is 2.47. The van der Waals surface area contributed by atoms with E-state index in [0.717, 1.165) is 27.9 Å². The highest BCUT2D eigenvalue weighted by atomic mass is 32.1. The third-order valence-electron chi connectivity index (χ3n) is 3.35. The maximum atomic E-state index is 11.6. The number of hydrogen-bond acceptors (Lipinski definition) is 3. The van der Waals surface area contributed by atoms with Gasteiger partial charge in [-0.15, -0.1) is 11.3 Å². The van der Waals surface area contributed by atoms with E-state index in [4.69, 9.17) is 0 Å². The van der Waals surface area contributed by atoms with Gasteiger partial charge in [0.1, 0.15) is 0 Å². The van der Waals surface area contributed by atoms with Crippen LogP contribution >= 0.6 is 11.3 Å². The second-order valence-corrected chi connectivity index (χ2v) is 5.52. The molecule has 0 fully saturated rings. The minimum absolute atomic E-state index is 0.0919. The Balaban J connectivity index is 2.13. The first-order valence-electron chi connectivity index (χ1n) is 5.92. The van der Waals surface area contributed by atoms with Crippen molar-refractivity contribution in [1.82, 2.24) is 4.98 Å². The van der Waals surface area contributed by atoms with Crippen LogP contribution in [0.2, 0.25) is 0 Å². The normalized spacial score (nSPS) is 14.8. The molecule has 1 aliphatic rings. The molecule has 4 heteroatoms. The predicted octanol–water partition coefficient (Wildman–Crippen LogP) is 3.33. The summed E-state index contributed by atoms with van der Waals surface area (Å²) in [6.07, 6.45) is 3.21. The van der Waals surface area contributed by atoms with Crippen LogP contribution in [0.15, 0.2) is 30.5 Å². The molecule has 0 aliphatic carbocycles. The van der Waals surface area contributed by atoms with Crippen molar-refractivity contribution in [2.45, 2.75) is 12.8 Å². The molecule has 1 N–H and O–H groups in total. The van der Waals surface area contributed by atoms with E-state index in [9.17, 15) is 4.79 Å². The number of aryl methyl sites for hydroxylation is 1. The van der Waals surface area contributed by atoms with E-state index in [2.05, 4.69) is 22.4 Å². The van der Waals surface area contributed by atoms with Gasteiger partial charge in [-0.2, -0.15) is 0 Å². The molecule has 3 heterocycles. The van der Waals surface area contributed by atoms with Crippen molar-refractivity contribution in [3.8, 4) is 0 Å². The van der Waals surface area contributed by atoms with Gasteiger partial charge in [-0.05, 0) is 6.07 Å². The van der Waals surface area contributed by atoms with Crippen molar-refractivity contribution in [3.63, 3.8) is 0 Å². The largest absolute Gasteiger partial charge is 0.323 e. The van der Waals surface area contributed by atoms with E-state index in [0.29, 0.717) is 6.42 Å². The lowest BCUT2D eigenvalue weighted by molar-refractivity contribution is -0.116. The average Bonchev–Trinajstić information content (AvgIpc) is 2.78. The molecule has 3 aromatic rings. The average molecular weight is 254 g/mol. The first-order valence-corrected chi connectivity index (χ1v) is 6.73. The minimum atomic E-state index is 0.0919. The van der Waals surface area contributed by atoms with Gasteiger partial charge in [0.05, 0.1) is 16.1 Å². The van der Waals surface area contributed by atoms with Crippen molar-refractivity contribution < 1.29 is 4.79 Å². The number of nitrogens with zero attached hydrogens (tertiary/aromatic N) is 1. The zero-order valence-corrected chi connectivity index (χ0v) is 10.4. The van der Waals surface area contributed by atoms with E-state index in [1.807, 2.05) is 18.3 Å². The molecule has 3 nitrogen and oxygen atoms in total. The molecule has 1 amide bonds. The number of fused-ring (bicyclic) bond motifs is 5. The van der Waals surface area contributed by atoms with Gasteiger partial charge in [-0.3, -0.25) is 9.78 Å². The van der Waals surface area contributed by atoms with Gasteiger partial charge >= 0.3 is 0 Å². The summed E-state index contributed by atoms with van der Waals surface area (Å²) in [6.45, 7) is 0. The maximum Gasteiger partial charge on any atom is 0.224 e. The summed E-state index contributed by atoms with van der Waals surface area (Å²) in [5, 5.41) is 5.32. The number of amides is 1. The number of anilines is 1.